The Balaban J connectivity index is 2.38. The van der Waals surface area contributed by atoms with Crippen LogP contribution in [0.15, 0.2) is 18.2 Å². The van der Waals surface area contributed by atoms with Crippen molar-refractivity contribution >= 4 is 23.1 Å². The number of rotatable bonds is 3. The summed E-state index contributed by atoms with van der Waals surface area (Å²) in [6.07, 6.45) is 0. The molecule has 1 aromatic carbocycles. The second kappa shape index (κ2) is 5.28. The summed E-state index contributed by atoms with van der Waals surface area (Å²) in [4.78, 5) is 36.9. The molecular formula is C13H15N3O4. The van der Waals surface area contributed by atoms with Crippen molar-refractivity contribution in [1.29, 1.82) is 0 Å². The number of Topliss-reactive ketones (excluding diaryl/α,β-unsaturated/α-hetero) is 1. The monoisotopic (exact) mass is 277 g/mol. The highest BCUT2D eigenvalue weighted by Gasteiger charge is 2.27. The van der Waals surface area contributed by atoms with Gasteiger partial charge in [-0.2, -0.15) is 0 Å². The average molecular weight is 277 g/mol. The van der Waals surface area contributed by atoms with E-state index in [4.69, 9.17) is 0 Å². The number of piperazine rings is 1. The molecule has 0 saturated carbocycles. The molecule has 0 bridgehead atoms. The van der Waals surface area contributed by atoms with Gasteiger partial charge in [0, 0.05) is 31.8 Å². The molecule has 0 radical (unpaired) electrons. The number of benzene rings is 1. The summed E-state index contributed by atoms with van der Waals surface area (Å²) in [5, 5.41) is 11.2. The summed E-state index contributed by atoms with van der Waals surface area (Å²) < 4.78 is 0. The van der Waals surface area contributed by atoms with Crippen molar-refractivity contribution < 1.29 is 14.5 Å². The fraction of sp³-hybridized carbons (Fsp3) is 0.385. The summed E-state index contributed by atoms with van der Waals surface area (Å²) in [6, 6.07) is 4.35. The highest BCUT2D eigenvalue weighted by atomic mass is 16.6. The topological polar surface area (TPSA) is 83.8 Å². The molecule has 1 heterocycles. The van der Waals surface area contributed by atoms with E-state index in [9.17, 15) is 19.7 Å². The Morgan fingerprint density at radius 2 is 2.05 bits per heavy atom. The lowest BCUT2D eigenvalue weighted by molar-refractivity contribution is -0.384. The third kappa shape index (κ3) is 2.61. The van der Waals surface area contributed by atoms with Crippen molar-refractivity contribution in [3.63, 3.8) is 0 Å². The molecule has 1 aromatic rings. The molecule has 106 valence electrons. The lowest BCUT2D eigenvalue weighted by atomic mass is 10.1. The van der Waals surface area contributed by atoms with Crippen molar-refractivity contribution in [3.8, 4) is 0 Å². The molecule has 20 heavy (non-hydrogen) atoms. The fourth-order valence-electron chi connectivity index (χ4n) is 2.12. The predicted molar refractivity (Wildman–Crippen MR) is 73.0 cm³/mol. The Bertz CT molecular complexity index is 585. The quantitative estimate of drug-likeness (QED) is 0.469. The van der Waals surface area contributed by atoms with E-state index in [-0.39, 0.29) is 23.9 Å². The Morgan fingerprint density at radius 3 is 2.60 bits per heavy atom. The molecule has 0 aliphatic carbocycles. The molecule has 1 aliphatic rings. The van der Waals surface area contributed by atoms with Gasteiger partial charge in [-0.05, 0) is 19.1 Å². The van der Waals surface area contributed by atoms with Crippen LogP contribution in [-0.2, 0) is 4.79 Å². The summed E-state index contributed by atoms with van der Waals surface area (Å²) in [5.74, 6) is -0.310. The van der Waals surface area contributed by atoms with Gasteiger partial charge in [0.05, 0.1) is 11.5 Å². The van der Waals surface area contributed by atoms with Crippen molar-refractivity contribution in [2.45, 2.75) is 6.92 Å². The SMILES string of the molecule is CC(=O)c1ccc(N2CCN(C)C(=O)C2)c([N+](=O)[O-])c1. The van der Waals surface area contributed by atoms with Crippen molar-refractivity contribution in [3.05, 3.63) is 33.9 Å². The molecule has 7 heteroatoms. The number of amides is 1. The minimum atomic E-state index is -0.523. The third-order valence-electron chi connectivity index (χ3n) is 3.38. The molecule has 0 unspecified atom stereocenters. The molecule has 1 saturated heterocycles. The van der Waals surface area contributed by atoms with Crippen molar-refractivity contribution in [1.82, 2.24) is 4.90 Å². The number of hydrogen-bond donors (Lipinski definition) is 0. The van der Waals surface area contributed by atoms with E-state index in [2.05, 4.69) is 0 Å². The number of nitrogens with zero attached hydrogens (tertiary/aromatic N) is 3. The van der Waals surface area contributed by atoms with Gasteiger partial charge < -0.3 is 9.80 Å². The average Bonchev–Trinajstić information content (AvgIpc) is 2.41. The first-order valence-corrected chi connectivity index (χ1v) is 6.18. The number of anilines is 1. The maximum atomic E-state index is 11.7. The predicted octanol–water partition coefficient (Wildman–Crippen LogP) is 1.08. The minimum absolute atomic E-state index is 0.0822. The van der Waals surface area contributed by atoms with E-state index in [0.29, 0.717) is 24.3 Å². The second-order valence-electron chi connectivity index (χ2n) is 4.75. The molecule has 1 aliphatic heterocycles. The second-order valence-corrected chi connectivity index (χ2v) is 4.75. The Labute approximate surface area is 115 Å². The maximum Gasteiger partial charge on any atom is 0.293 e. The van der Waals surface area contributed by atoms with E-state index in [1.165, 1.54) is 19.1 Å². The van der Waals surface area contributed by atoms with Gasteiger partial charge in [-0.3, -0.25) is 19.7 Å². The molecular weight excluding hydrogens is 262 g/mol. The molecule has 7 nitrogen and oxygen atoms in total. The molecule has 2 rings (SSSR count). The van der Waals surface area contributed by atoms with E-state index in [0.717, 1.165) is 0 Å². The van der Waals surface area contributed by atoms with E-state index in [1.54, 1.807) is 22.9 Å². The lowest BCUT2D eigenvalue weighted by Crippen LogP contribution is -2.48. The molecule has 0 N–H and O–H groups in total. The van der Waals surface area contributed by atoms with Crippen LogP contribution in [0.1, 0.15) is 17.3 Å². The van der Waals surface area contributed by atoms with E-state index in [1.807, 2.05) is 0 Å². The molecule has 1 fully saturated rings. The standard InChI is InChI=1S/C13H15N3O4/c1-9(17)10-3-4-11(12(7-10)16(19)20)15-6-5-14(2)13(18)8-15/h3-4,7H,5-6,8H2,1-2H3. The van der Waals surface area contributed by atoms with Gasteiger partial charge in [0.1, 0.15) is 5.69 Å². The van der Waals surface area contributed by atoms with Crippen LogP contribution in [0.2, 0.25) is 0 Å². The van der Waals surface area contributed by atoms with Crippen LogP contribution in [0, 0.1) is 10.1 Å². The lowest BCUT2D eigenvalue weighted by Gasteiger charge is -2.33. The van der Waals surface area contributed by atoms with Gasteiger partial charge in [0.15, 0.2) is 5.78 Å². The van der Waals surface area contributed by atoms with E-state index < -0.39 is 4.92 Å². The van der Waals surface area contributed by atoms with Crippen LogP contribution in [0.5, 0.6) is 0 Å². The Hall–Kier alpha value is -2.44. The van der Waals surface area contributed by atoms with Crippen molar-refractivity contribution in [2.24, 2.45) is 0 Å². The first kappa shape index (κ1) is 14.0. The zero-order valence-corrected chi connectivity index (χ0v) is 11.3. The molecule has 0 atom stereocenters. The van der Waals surface area contributed by atoms with Crippen LogP contribution in [-0.4, -0.2) is 48.2 Å². The van der Waals surface area contributed by atoms with Gasteiger partial charge in [-0.15, -0.1) is 0 Å². The zero-order chi connectivity index (χ0) is 14.9. The maximum absolute atomic E-state index is 11.7. The number of nitro benzene ring substituents is 1. The van der Waals surface area contributed by atoms with Gasteiger partial charge >= 0.3 is 0 Å². The summed E-state index contributed by atoms with van der Waals surface area (Å²) in [5.41, 5.74) is 0.525. The van der Waals surface area contributed by atoms with Gasteiger partial charge in [0.2, 0.25) is 5.91 Å². The number of hydrogen-bond acceptors (Lipinski definition) is 5. The van der Waals surface area contributed by atoms with Crippen LogP contribution in [0.4, 0.5) is 11.4 Å². The van der Waals surface area contributed by atoms with Crippen LogP contribution < -0.4 is 4.90 Å². The van der Waals surface area contributed by atoms with Gasteiger partial charge in [0.25, 0.3) is 5.69 Å². The molecule has 0 aromatic heterocycles. The summed E-state index contributed by atoms with van der Waals surface area (Å²) in [7, 11) is 1.70. The van der Waals surface area contributed by atoms with Gasteiger partial charge in [-0.25, -0.2) is 0 Å². The fourth-order valence-corrected chi connectivity index (χ4v) is 2.12. The zero-order valence-electron chi connectivity index (χ0n) is 11.3. The highest BCUT2D eigenvalue weighted by molar-refractivity contribution is 5.96. The summed E-state index contributed by atoms with van der Waals surface area (Å²) in [6.45, 7) is 2.52. The molecule has 0 spiro atoms. The number of nitro groups is 1. The number of carbonyl (C=O) groups is 2. The number of carbonyl (C=O) groups excluding carboxylic acids is 2. The third-order valence-corrected chi connectivity index (χ3v) is 3.38. The first-order valence-electron chi connectivity index (χ1n) is 6.18. The van der Waals surface area contributed by atoms with Gasteiger partial charge in [-0.1, -0.05) is 0 Å². The van der Waals surface area contributed by atoms with Crippen LogP contribution >= 0.6 is 0 Å². The van der Waals surface area contributed by atoms with E-state index >= 15 is 0 Å². The van der Waals surface area contributed by atoms with Crippen LogP contribution in [0.25, 0.3) is 0 Å². The molecule has 1 amide bonds. The Kier molecular flexibility index (Phi) is 3.69. The van der Waals surface area contributed by atoms with Crippen LogP contribution in [0.3, 0.4) is 0 Å². The normalized spacial score (nSPS) is 15.4. The first-order chi connectivity index (χ1) is 9.40. The smallest absolute Gasteiger partial charge is 0.293 e. The minimum Gasteiger partial charge on any atom is -0.355 e. The number of ketones is 1. The highest BCUT2D eigenvalue weighted by Crippen LogP contribution is 2.30. The summed E-state index contributed by atoms with van der Waals surface area (Å²) >= 11 is 0. The Morgan fingerprint density at radius 1 is 1.35 bits per heavy atom. The largest absolute Gasteiger partial charge is 0.355 e. The number of likely N-dealkylation sites (N-methyl/N-ethyl adjacent to an activating group) is 1. The van der Waals surface area contributed by atoms with Crippen molar-refractivity contribution in [2.75, 3.05) is 31.6 Å².